The third-order valence-electron chi connectivity index (χ3n) is 3.11. The molecule has 132 valence electrons. The van der Waals surface area contributed by atoms with Crippen molar-refractivity contribution in [1.82, 2.24) is 5.32 Å². The molecule has 0 aliphatic rings. The molecule has 0 radical (unpaired) electrons. The van der Waals surface area contributed by atoms with Crippen molar-refractivity contribution in [2.75, 3.05) is 12.3 Å². The van der Waals surface area contributed by atoms with Crippen LogP contribution in [0.1, 0.15) is 5.56 Å². The number of oxime groups is 1. The summed E-state index contributed by atoms with van der Waals surface area (Å²) in [5, 5.41) is 14.9. The molecule has 2 aromatic rings. The van der Waals surface area contributed by atoms with Crippen molar-refractivity contribution < 1.29 is 14.4 Å². The van der Waals surface area contributed by atoms with Gasteiger partial charge in [0.15, 0.2) is 0 Å². The van der Waals surface area contributed by atoms with Gasteiger partial charge in [-0.2, -0.15) is 0 Å². The highest BCUT2D eigenvalue weighted by Crippen LogP contribution is 2.30. The number of nitrogens with zero attached hydrogens (tertiary/aromatic N) is 1. The normalized spacial score (nSPS) is 11.4. The predicted molar refractivity (Wildman–Crippen MR) is 105 cm³/mol. The molecule has 2 rings (SSSR count). The van der Waals surface area contributed by atoms with E-state index in [1.165, 1.54) is 22.9 Å². The fraction of sp³-hybridized carbons (Fsp3) is 0.176. The summed E-state index contributed by atoms with van der Waals surface area (Å²) in [6, 6.07) is 13.7. The van der Waals surface area contributed by atoms with Crippen LogP contribution in [0.2, 0.25) is 0 Å². The Morgan fingerprint density at radius 1 is 1.16 bits per heavy atom. The first-order valence-corrected chi connectivity index (χ1v) is 10.5. The molecule has 0 aromatic heterocycles. The molecule has 0 heterocycles. The molecule has 0 spiro atoms. The first kappa shape index (κ1) is 19.8. The molecule has 8 heteroatoms. The molecule has 0 atom stereocenters. The largest absolute Gasteiger partial charge is 0.410 e. The number of carbonyl (C=O) groups excluding carboxylic acids is 1. The summed E-state index contributed by atoms with van der Waals surface area (Å²) in [5.74, 6) is 0.0196. The first-order valence-electron chi connectivity index (χ1n) is 7.37. The van der Waals surface area contributed by atoms with Gasteiger partial charge in [-0.25, -0.2) is 4.39 Å². The number of amides is 1. The lowest BCUT2D eigenvalue weighted by Crippen LogP contribution is -2.33. The lowest BCUT2D eigenvalue weighted by Gasteiger charge is -2.07. The highest BCUT2D eigenvalue weighted by molar-refractivity contribution is 9.10. The van der Waals surface area contributed by atoms with Gasteiger partial charge in [0.25, 0.3) is 5.91 Å². The average Bonchev–Trinajstić information content (AvgIpc) is 2.62. The first-order chi connectivity index (χ1) is 12.1. The molecule has 0 aliphatic heterocycles. The Hall–Kier alpha value is -1.51. The van der Waals surface area contributed by atoms with Crippen molar-refractivity contribution in [2.45, 2.75) is 11.3 Å². The second-order valence-electron chi connectivity index (χ2n) is 4.97. The van der Waals surface area contributed by atoms with E-state index in [1.54, 1.807) is 22.9 Å². The van der Waals surface area contributed by atoms with E-state index < -0.39 is 5.91 Å². The summed E-state index contributed by atoms with van der Waals surface area (Å²) in [5.41, 5.74) is 0.950. The van der Waals surface area contributed by atoms with Crippen LogP contribution in [0.25, 0.3) is 0 Å². The Labute approximate surface area is 161 Å². The summed E-state index contributed by atoms with van der Waals surface area (Å²) in [6.45, 7) is 0.442. The third-order valence-corrected chi connectivity index (χ3v) is 6.02. The Bertz CT molecular complexity index is 724. The van der Waals surface area contributed by atoms with E-state index >= 15 is 0 Å². The van der Waals surface area contributed by atoms with Crippen LogP contribution >= 0.6 is 37.5 Å². The van der Waals surface area contributed by atoms with Gasteiger partial charge in [-0.05, 0) is 42.0 Å². The van der Waals surface area contributed by atoms with E-state index in [2.05, 4.69) is 26.4 Å². The molecule has 0 aliphatic carbocycles. The van der Waals surface area contributed by atoms with Crippen LogP contribution in [-0.4, -0.2) is 29.1 Å². The lowest BCUT2D eigenvalue weighted by molar-refractivity contribution is -0.114. The molecular formula is C17H16BrFN2O2S2. The lowest BCUT2D eigenvalue weighted by atomic mass is 10.1. The van der Waals surface area contributed by atoms with E-state index in [9.17, 15) is 9.18 Å². The molecular weight excluding hydrogens is 427 g/mol. The minimum absolute atomic E-state index is 0.0681. The van der Waals surface area contributed by atoms with Gasteiger partial charge >= 0.3 is 0 Å². The highest BCUT2D eigenvalue weighted by Gasteiger charge is 2.12. The number of hydrogen-bond donors (Lipinski definition) is 2. The van der Waals surface area contributed by atoms with Crippen LogP contribution in [0.3, 0.4) is 0 Å². The van der Waals surface area contributed by atoms with Gasteiger partial charge in [0.2, 0.25) is 0 Å². The van der Waals surface area contributed by atoms with Gasteiger partial charge in [-0.1, -0.05) is 54.8 Å². The average molecular weight is 443 g/mol. The monoisotopic (exact) mass is 442 g/mol. The second-order valence-corrected chi connectivity index (χ2v) is 8.37. The molecule has 4 nitrogen and oxygen atoms in total. The van der Waals surface area contributed by atoms with E-state index in [-0.39, 0.29) is 17.9 Å². The third kappa shape index (κ3) is 7.09. The molecule has 0 fully saturated rings. The van der Waals surface area contributed by atoms with Crippen LogP contribution in [-0.2, 0) is 11.2 Å². The summed E-state index contributed by atoms with van der Waals surface area (Å²) in [4.78, 5) is 13.0. The van der Waals surface area contributed by atoms with E-state index in [1.807, 2.05) is 24.3 Å². The quantitative estimate of drug-likeness (QED) is 0.207. The number of hydrogen-bond acceptors (Lipinski definition) is 5. The van der Waals surface area contributed by atoms with Crippen molar-refractivity contribution in [3.05, 3.63) is 64.4 Å². The fourth-order valence-electron chi connectivity index (χ4n) is 1.86. The van der Waals surface area contributed by atoms with E-state index in [4.69, 9.17) is 5.21 Å². The summed E-state index contributed by atoms with van der Waals surface area (Å²) in [6.07, 6.45) is 0.257. The van der Waals surface area contributed by atoms with Crippen molar-refractivity contribution in [2.24, 2.45) is 5.16 Å². The van der Waals surface area contributed by atoms with Crippen molar-refractivity contribution >= 4 is 49.1 Å². The zero-order valence-electron chi connectivity index (χ0n) is 13.1. The molecule has 0 unspecified atom stereocenters. The number of halogens is 2. The van der Waals surface area contributed by atoms with Crippen LogP contribution in [0.4, 0.5) is 4.39 Å². The Balaban J connectivity index is 1.71. The summed E-state index contributed by atoms with van der Waals surface area (Å²) in [7, 11) is 3.06. The molecule has 25 heavy (non-hydrogen) atoms. The standard InChI is InChI=1S/C17H16BrFN2O2S2/c18-13-3-1-12(2-4-13)11-16(21-23)17(22)20-9-10-24-25-15-7-5-14(19)6-8-15/h1-8,23H,9-11H2,(H,20,22)/b21-16+. The molecule has 0 saturated heterocycles. The molecule has 2 N–H and O–H groups in total. The van der Waals surface area contributed by atoms with Gasteiger partial charge in [0.1, 0.15) is 11.5 Å². The maximum atomic E-state index is 12.8. The van der Waals surface area contributed by atoms with Crippen molar-refractivity contribution in [1.29, 1.82) is 0 Å². The van der Waals surface area contributed by atoms with E-state index in [0.717, 1.165) is 14.9 Å². The predicted octanol–water partition coefficient (Wildman–Crippen LogP) is 4.52. The van der Waals surface area contributed by atoms with Crippen LogP contribution < -0.4 is 5.32 Å². The minimum atomic E-state index is -0.391. The summed E-state index contributed by atoms with van der Waals surface area (Å²) >= 11 is 3.35. The van der Waals surface area contributed by atoms with Crippen LogP contribution in [0.5, 0.6) is 0 Å². The molecule has 2 aromatic carbocycles. The zero-order valence-corrected chi connectivity index (χ0v) is 16.3. The minimum Gasteiger partial charge on any atom is -0.410 e. The molecule has 1 amide bonds. The van der Waals surface area contributed by atoms with Gasteiger partial charge < -0.3 is 10.5 Å². The maximum absolute atomic E-state index is 12.8. The molecule has 0 saturated carbocycles. The van der Waals surface area contributed by atoms with Gasteiger partial charge in [-0.3, -0.25) is 4.79 Å². The van der Waals surface area contributed by atoms with Crippen molar-refractivity contribution in [3.63, 3.8) is 0 Å². The van der Waals surface area contributed by atoms with Gasteiger partial charge in [0, 0.05) is 28.1 Å². The second kappa shape index (κ2) is 10.5. The van der Waals surface area contributed by atoms with Crippen LogP contribution in [0.15, 0.2) is 63.1 Å². The maximum Gasteiger partial charge on any atom is 0.269 e. The van der Waals surface area contributed by atoms with E-state index in [0.29, 0.717) is 12.3 Å². The fourth-order valence-corrected chi connectivity index (χ4v) is 4.02. The van der Waals surface area contributed by atoms with Crippen LogP contribution in [0, 0.1) is 5.82 Å². The number of benzene rings is 2. The number of carbonyl (C=O) groups is 1. The Morgan fingerprint density at radius 2 is 1.84 bits per heavy atom. The van der Waals surface area contributed by atoms with Gasteiger partial charge in [-0.15, -0.1) is 0 Å². The number of nitrogens with one attached hydrogen (secondary N) is 1. The SMILES string of the molecule is O=C(NCCSSc1ccc(F)cc1)/C(Cc1ccc(Br)cc1)=N/O. The Morgan fingerprint density at radius 3 is 2.48 bits per heavy atom. The smallest absolute Gasteiger partial charge is 0.269 e. The number of rotatable bonds is 8. The topological polar surface area (TPSA) is 61.7 Å². The summed E-state index contributed by atoms with van der Waals surface area (Å²) < 4.78 is 13.7. The highest BCUT2D eigenvalue weighted by atomic mass is 79.9. The molecule has 0 bridgehead atoms. The van der Waals surface area contributed by atoms with Crippen molar-refractivity contribution in [3.8, 4) is 0 Å². The zero-order chi connectivity index (χ0) is 18.1. The van der Waals surface area contributed by atoms with Gasteiger partial charge in [0.05, 0.1) is 0 Å². The Kier molecular flexibility index (Phi) is 8.30.